The summed E-state index contributed by atoms with van der Waals surface area (Å²) >= 11 is 0. The molecule has 2 N–H and O–H groups in total. The lowest BCUT2D eigenvalue weighted by molar-refractivity contribution is -0.146. The average molecular weight is 228 g/mol. The van der Waals surface area contributed by atoms with Crippen molar-refractivity contribution < 1.29 is 14.7 Å². The molecular formula is C11H20N2O3. The van der Waals surface area contributed by atoms with E-state index in [-0.39, 0.29) is 6.04 Å². The van der Waals surface area contributed by atoms with Gasteiger partial charge in [-0.3, -0.25) is 9.59 Å². The Balaban J connectivity index is 2.29. The molecule has 5 heteroatoms. The van der Waals surface area contributed by atoms with E-state index in [9.17, 15) is 9.59 Å². The van der Waals surface area contributed by atoms with E-state index in [1.54, 1.807) is 0 Å². The molecule has 2 atom stereocenters. The number of rotatable bonds is 5. The van der Waals surface area contributed by atoms with Crippen molar-refractivity contribution in [1.29, 1.82) is 0 Å². The van der Waals surface area contributed by atoms with E-state index < -0.39 is 17.8 Å². The van der Waals surface area contributed by atoms with Crippen LogP contribution in [-0.4, -0.2) is 47.6 Å². The summed E-state index contributed by atoms with van der Waals surface area (Å²) in [5, 5.41) is 11.4. The summed E-state index contributed by atoms with van der Waals surface area (Å²) < 4.78 is 0. The van der Waals surface area contributed by atoms with Gasteiger partial charge in [0.05, 0.1) is 0 Å². The maximum Gasteiger partial charge on any atom is 0.315 e. The van der Waals surface area contributed by atoms with Crippen molar-refractivity contribution in [2.45, 2.75) is 32.7 Å². The zero-order valence-electron chi connectivity index (χ0n) is 9.90. The number of likely N-dealkylation sites (tertiary alicyclic amines) is 1. The smallest absolute Gasteiger partial charge is 0.315 e. The van der Waals surface area contributed by atoms with E-state index in [1.165, 1.54) is 19.8 Å². The van der Waals surface area contributed by atoms with Gasteiger partial charge in [-0.25, -0.2) is 0 Å². The highest BCUT2D eigenvalue weighted by Gasteiger charge is 2.23. The Labute approximate surface area is 95.8 Å². The van der Waals surface area contributed by atoms with Crippen molar-refractivity contribution in [1.82, 2.24) is 10.2 Å². The number of carbonyl (C=O) groups excluding carboxylic acids is 1. The predicted molar refractivity (Wildman–Crippen MR) is 60.1 cm³/mol. The molecule has 1 saturated heterocycles. The first kappa shape index (κ1) is 13.0. The number of nitrogens with one attached hydrogen (secondary N) is 1. The molecular weight excluding hydrogens is 208 g/mol. The molecule has 1 rings (SSSR count). The lowest BCUT2D eigenvalue weighted by Crippen LogP contribution is -2.44. The van der Waals surface area contributed by atoms with Crippen LogP contribution in [0.3, 0.4) is 0 Å². The maximum atomic E-state index is 11.5. The number of aliphatic carboxylic acids is 1. The molecule has 0 aromatic rings. The van der Waals surface area contributed by atoms with Crippen LogP contribution in [0.1, 0.15) is 26.7 Å². The van der Waals surface area contributed by atoms with E-state index in [0.717, 1.165) is 19.6 Å². The predicted octanol–water partition coefficient (Wildman–Crippen LogP) is 0.308. The number of amides is 1. The van der Waals surface area contributed by atoms with E-state index in [2.05, 4.69) is 10.2 Å². The Morgan fingerprint density at radius 2 is 1.88 bits per heavy atom. The third-order valence-corrected chi connectivity index (χ3v) is 2.88. The number of carboxylic acids is 1. The molecule has 0 saturated carbocycles. The first-order valence-corrected chi connectivity index (χ1v) is 5.76. The molecule has 5 nitrogen and oxygen atoms in total. The van der Waals surface area contributed by atoms with Crippen molar-refractivity contribution in [3.05, 3.63) is 0 Å². The summed E-state index contributed by atoms with van der Waals surface area (Å²) in [4.78, 5) is 24.3. The lowest BCUT2D eigenvalue weighted by Gasteiger charge is -2.21. The minimum absolute atomic E-state index is 0.00685. The zero-order chi connectivity index (χ0) is 12.1. The van der Waals surface area contributed by atoms with Gasteiger partial charge >= 0.3 is 5.97 Å². The quantitative estimate of drug-likeness (QED) is 0.664. The van der Waals surface area contributed by atoms with Crippen molar-refractivity contribution in [2.75, 3.05) is 19.6 Å². The third kappa shape index (κ3) is 3.81. The van der Waals surface area contributed by atoms with Gasteiger partial charge in [0.2, 0.25) is 5.91 Å². The lowest BCUT2D eigenvalue weighted by atomic mass is 10.1. The van der Waals surface area contributed by atoms with E-state index in [0.29, 0.717) is 0 Å². The fraction of sp³-hybridized carbons (Fsp3) is 0.818. The number of carboxylic acid groups (broad SMARTS) is 1. The zero-order valence-corrected chi connectivity index (χ0v) is 9.90. The normalized spacial score (nSPS) is 20.4. The standard InChI is InChI=1S/C11H20N2O3/c1-8(7-13-5-3-4-6-13)12-10(14)9(2)11(15)16/h8-9H,3-7H2,1-2H3,(H,12,14)(H,15,16). The molecule has 0 bridgehead atoms. The highest BCUT2D eigenvalue weighted by Crippen LogP contribution is 2.07. The Kier molecular flexibility index (Phi) is 4.73. The molecule has 0 aromatic carbocycles. The van der Waals surface area contributed by atoms with Crippen LogP contribution in [0.15, 0.2) is 0 Å². The third-order valence-electron chi connectivity index (χ3n) is 2.88. The minimum atomic E-state index is -1.08. The molecule has 1 heterocycles. The molecule has 2 unspecified atom stereocenters. The molecule has 1 aliphatic heterocycles. The second-order valence-corrected chi connectivity index (χ2v) is 4.48. The van der Waals surface area contributed by atoms with E-state index in [1.807, 2.05) is 6.92 Å². The van der Waals surface area contributed by atoms with E-state index >= 15 is 0 Å². The molecule has 1 aliphatic rings. The number of nitrogens with zero attached hydrogens (tertiary/aromatic N) is 1. The fourth-order valence-electron chi connectivity index (χ4n) is 1.88. The second-order valence-electron chi connectivity index (χ2n) is 4.48. The fourth-order valence-corrected chi connectivity index (χ4v) is 1.88. The first-order chi connectivity index (χ1) is 7.50. The van der Waals surface area contributed by atoms with Crippen LogP contribution in [0, 0.1) is 5.92 Å². The van der Waals surface area contributed by atoms with Gasteiger partial charge in [0, 0.05) is 12.6 Å². The van der Waals surface area contributed by atoms with Crippen LogP contribution >= 0.6 is 0 Å². The number of hydrogen-bond acceptors (Lipinski definition) is 3. The summed E-state index contributed by atoms with van der Waals surface area (Å²) in [5.41, 5.74) is 0. The SMILES string of the molecule is CC(CN1CCCC1)NC(=O)C(C)C(=O)O. The van der Waals surface area contributed by atoms with Gasteiger partial charge in [-0.2, -0.15) is 0 Å². The van der Waals surface area contributed by atoms with E-state index in [4.69, 9.17) is 5.11 Å². The van der Waals surface area contributed by atoms with Gasteiger partial charge < -0.3 is 15.3 Å². The van der Waals surface area contributed by atoms with Gasteiger partial charge in [-0.05, 0) is 39.8 Å². The Bertz CT molecular complexity index is 262. The van der Waals surface area contributed by atoms with Crippen LogP contribution in [0.4, 0.5) is 0 Å². The van der Waals surface area contributed by atoms with Crippen molar-refractivity contribution in [3.8, 4) is 0 Å². The highest BCUT2D eigenvalue weighted by molar-refractivity contribution is 5.96. The summed E-state index contributed by atoms with van der Waals surface area (Å²) in [6, 6.07) is 0.00685. The molecule has 0 spiro atoms. The van der Waals surface area contributed by atoms with Crippen LogP contribution in [0.2, 0.25) is 0 Å². The molecule has 0 radical (unpaired) electrons. The number of hydrogen-bond donors (Lipinski definition) is 2. The first-order valence-electron chi connectivity index (χ1n) is 5.76. The Morgan fingerprint density at radius 1 is 1.31 bits per heavy atom. The van der Waals surface area contributed by atoms with Gasteiger partial charge in [0.1, 0.15) is 5.92 Å². The molecule has 1 amide bonds. The van der Waals surface area contributed by atoms with Gasteiger partial charge in [-0.15, -0.1) is 0 Å². The monoisotopic (exact) mass is 228 g/mol. The largest absolute Gasteiger partial charge is 0.481 e. The molecule has 1 fully saturated rings. The summed E-state index contributed by atoms with van der Waals surface area (Å²) in [7, 11) is 0. The summed E-state index contributed by atoms with van der Waals surface area (Å²) in [5.74, 6) is -2.45. The van der Waals surface area contributed by atoms with Crippen LogP contribution in [0.25, 0.3) is 0 Å². The number of carbonyl (C=O) groups is 2. The topological polar surface area (TPSA) is 69.6 Å². The summed E-state index contributed by atoms with van der Waals surface area (Å²) in [6.07, 6.45) is 2.43. The van der Waals surface area contributed by atoms with Crippen LogP contribution in [0.5, 0.6) is 0 Å². The maximum absolute atomic E-state index is 11.5. The minimum Gasteiger partial charge on any atom is -0.481 e. The Hall–Kier alpha value is -1.10. The van der Waals surface area contributed by atoms with Crippen molar-refractivity contribution >= 4 is 11.9 Å². The highest BCUT2D eigenvalue weighted by atomic mass is 16.4. The Morgan fingerprint density at radius 3 is 2.38 bits per heavy atom. The van der Waals surface area contributed by atoms with Gasteiger partial charge in [0.15, 0.2) is 0 Å². The second kappa shape index (κ2) is 5.84. The summed E-state index contributed by atoms with van der Waals surface area (Å²) in [6.45, 7) is 6.27. The average Bonchev–Trinajstić information content (AvgIpc) is 2.68. The molecule has 92 valence electrons. The molecule has 16 heavy (non-hydrogen) atoms. The van der Waals surface area contributed by atoms with Gasteiger partial charge in [-0.1, -0.05) is 0 Å². The van der Waals surface area contributed by atoms with Crippen molar-refractivity contribution in [2.24, 2.45) is 5.92 Å². The molecule has 0 aliphatic carbocycles. The van der Waals surface area contributed by atoms with Gasteiger partial charge in [0.25, 0.3) is 0 Å². The molecule has 0 aromatic heterocycles. The van der Waals surface area contributed by atoms with Crippen molar-refractivity contribution in [3.63, 3.8) is 0 Å². The van der Waals surface area contributed by atoms with Crippen LogP contribution in [-0.2, 0) is 9.59 Å². The van der Waals surface area contributed by atoms with Crippen LogP contribution < -0.4 is 5.32 Å².